The first-order chi connectivity index (χ1) is 10.9. The van der Waals surface area contributed by atoms with Crippen LogP contribution in [0.15, 0.2) is 59.2 Å². The molecule has 0 bridgehead atoms. The summed E-state index contributed by atoms with van der Waals surface area (Å²) in [6.07, 6.45) is 19.2. The first-order valence-corrected chi connectivity index (χ1v) is 8.51. The smallest absolute Gasteiger partial charge is 0.00218 e. The number of allylic oxidation sites excluding steroid dienone is 9. The Bertz CT molecular complexity index is 883. The summed E-state index contributed by atoms with van der Waals surface area (Å²) in [5, 5.41) is 0. The highest BCUT2D eigenvalue weighted by Crippen LogP contribution is 2.52. The van der Waals surface area contributed by atoms with E-state index in [1.165, 1.54) is 24.0 Å². The molecule has 1 aromatic rings. The second-order valence-electron chi connectivity index (χ2n) is 7.30. The zero-order chi connectivity index (χ0) is 14.3. The van der Waals surface area contributed by atoms with E-state index in [0.717, 1.165) is 18.8 Å². The van der Waals surface area contributed by atoms with Crippen molar-refractivity contribution in [1.29, 1.82) is 0 Å². The molecule has 0 saturated heterocycles. The van der Waals surface area contributed by atoms with Gasteiger partial charge in [0.05, 0.1) is 0 Å². The quantitative estimate of drug-likeness (QED) is 0.586. The molecule has 0 nitrogen and oxygen atoms in total. The Morgan fingerprint density at radius 1 is 0.909 bits per heavy atom. The summed E-state index contributed by atoms with van der Waals surface area (Å²) in [4.78, 5) is 0. The Morgan fingerprint density at radius 3 is 2.91 bits per heavy atom. The van der Waals surface area contributed by atoms with Crippen LogP contribution in [0.5, 0.6) is 0 Å². The lowest BCUT2D eigenvalue weighted by atomic mass is 9.82. The van der Waals surface area contributed by atoms with Crippen LogP contribution < -0.4 is 0 Å². The fourth-order valence-corrected chi connectivity index (χ4v) is 5.04. The van der Waals surface area contributed by atoms with E-state index in [9.17, 15) is 0 Å². The SMILES string of the molecule is C1=Cc2cc3c(cc2C1)C1=C(C3)C2=CC3C=CCC3C=C2C1. The second-order valence-corrected chi connectivity index (χ2v) is 7.30. The van der Waals surface area contributed by atoms with E-state index in [1.807, 2.05) is 0 Å². The van der Waals surface area contributed by atoms with E-state index in [0.29, 0.717) is 5.92 Å². The van der Waals surface area contributed by atoms with Crippen LogP contribution in [0, 0.1) is 11.8 Å². The molecule has 2 unspecified atom stereocenters. The summed E-state index contributed by atoms with van der Waals surface area (Å²) >= 11 is 0. The van der Waals surface area contributed by atoms with Crippen molar-refractivity contribution in [3.63, 3.8) is 0 Å². The summed E-state index contributed by atoms with van der Waals surface area (Å²) in [5.74, 6) is 1.39. The summed E-state index contributed by atoms with van der Waals surface area (Å²) in [7, 11) is 0. The minimum absolute atomic E-state index is 0.655. The third-order valence-corrected chi connectivity index (χ3v) is 6.13. The minimum Gasteiger partial charge on any atom is -0.0873 e. The molecule has 0 saturated carbocycles. The Balaban J connectivity index is 1.49. The average molecular weight is 282 g/mol. The zero-order valence-corrected chi connectivity index (χ0v) is 12.6. The van der Waals surface area contributed by atoms with E-state index < -0.39 is 0 Å². The van der Waals surface area contributed by atoms with E-state index in [4.69, 9.17) is 0 Å². The third-order valence-electron chi connectivity index (χ3n) is 6.13. The molecule has 5 aliphatic rings. The van der Waals surface area contributed by atoms with E-state index in [1.54, 1.807) is 33.4 Å². The van der Waals surface area contributed by atoms with Crippen molar-refractivity contribution in [2.45, 2.75) is 25.7 Å². The molecule has 22 heavy (non-hydrogen) atoms. The van der Waals surface area contributed by atoms with Gasteiger partial charge in [0.25, 0.3) is 0 Å². The first kappa shape index (κ1) is 11.5. The van der Waals surface area contributed by atoms with Crippen molar-refractivity contribution in [1.82, 2.24) is 0 Å². The predicted molar refractivity (Wildman–Crippen MR) is 91.3 cm³/mol. The molecular formula is C22H18. The topological polar surface area (TPSA) is 0 Å². The van der Waals surface area contributed by atoms with Crippen LogP contribution in [-0.4, -0.2) is 0 Å². The highest BCUT2D eigenvalue weighted by Gasteiger charge is 2.36. The van der Waals surface area contributed by atoms with Gasteiger partial charge in [-0.2, -0.15) is 0 Å². The Kier molecular flexibility index (Phi) is 1.99. The molecule has 0 heteroatoms. The van der Waals surface area contributed by atoms with Crippen LogP contribution in [0.3, 0.4) is 0 Å². The van der Waals surface area contributed by atoms with Gasteiger partial charge in [0, 0.05) is 5.92 Å². The number of hydrogen-bond donors (Lipinski definition) is 0. The summed E-state index contributed by atoms with van der Waals surface area (Å²) in [5.41, 5.74) is 12.5. The molecule has 2 atom stereocenters. The van der Waals surface area contributed by atoms with Crippen molar-refractivity contribution >= 4 is 11.6 Å². The lowest BCUT2D eigenvalue weighted by molar-refractivity contribution is 0.587. The van der Waals surface area contributed by atoms with Crippen molar-refractivity contribution < 1.29 is 0 Å². The molecule has 0 fully saturated rings. The van der Waals surface area contributed by atoms with Crippen molar-refractivity contribution in [2.24, 2.45) is 11.8 Å². The second kappa shape index (κ2) is 3.81. The monoisotopic (exact) mass is 282 g/mol. The lowest BCUT2D eigenvalue weighted by Gasteiger charge is -2.22. The summed E-state index contributed by atoms with van der Waals surface area (Å²) in [6.45, 7) is 0. The van der Waals surface area contributed by atoms with Crippen molar-refractivity contribution in [3.8, 4) is 0 Å². The van der Waals surface area contributed by atoms with Crippen molar-refractivity contribution in [2.75, 3.05) is 0 Å². The van der Waals surface area contributed by atoms with Gasteiger partial charge >= 0.3 is 0 Å². The molecule has 0 aromatic heterocycles. The molecule has 0 heterocycles. The van der Waals surface area contributed by atoms with Crippen LogP contribution in [0.4, 0.5) is 0 Å². The molecule has 0 N–H and O–H groups in total. The lowest BCUT2D eigenvalue weighted by Crippen LogP contribution is -2.10. The average Bonchev–Trinajstić information content (AvgIpc) is 3.25. The van der Waals surface area contributed by atoms with Crippen molar-refractivity contribution in [3.05, 3.63) is 81.5 Å². The standard InChI is InChI=1S/C22H18/c1-3-13-7-17-11-22-20-10-16-6-2-4-14(16)8-18(20)12-21(22)19(17)9-15(13)5-1/h1-3,6-10,14,16H,4-5,11-12H2. The van der Waals surface area contributed by atoms with Crippen LogP contribution >= 0.6 is 0 Å². The molecule has 5 aliphatic carbocycles. The normalized spacial score (nSPS) is 29.1. The molecular weight excluding hydrogens is 264 g/mol. The largest absolute Gasteiger partial charge is 0.0873 e. The molecule has 0 spiro atoms. The number of fused-ring (bicyclic) bond motifs is 6. The Labute approximate surface area is 131 Å². The van der Waals surface area contributed by atoms with E-state index in [-0.39, 0.29) is 0 Å². The fourth-order valence-electron chi connectivity index (χ4n) is 5.04. The number of hydrogen-bond acceptors (Lipinski definition) is 0. The molecule has 0 amide bonds. The maximum Gasteiger partial charge on any atom is 0.00218 e. The molecule has 1 aromatic carbocycles. The highest BCUT2D eigenvalue weighted by molar-refractivity contribution is 5.89. The van der Waals surface area contributed by atoms with Gasteiger partial charge in [-0.05, 0) is 76.1 Å². The Morgan fingerprint density at radius 2 is 1.91 bits per heavy atom. The van der Waals surface area contributed by atoms with Gasteiger partial charge in [-0.15, -0.1) is 0 Å². The van der Waals surface area contributed by atoms with Crippen LogP contribution in [0.2, 0.25) is 0 Å². The number of benzene rings is 1. The highest BCUT2D eigenvalue weighted by atomic mass is 14.4. The predicted octanol–water partition coefficient (Wildman–Crippen LogP) is 5.03. The summed E-state index contributed by atoms with van der Waals surface area (Å²) < 4.78 is 0. The van der Waals surface area contributed by atoms with E-state index >= 15 is 0 Å². The van der Waals surface area contributed by atoms with Crippen LogP contribution in [0.1, 0.15) is 35.1 Å². The minimum atomic E-state index is 0.655. The number of rotatable bonds is 0. The molecule has 6 rings (SSSR count). The summed E-state index contributed by atoms with van der Waals surface area (Å²) in [6, 6.07) is 4.92. The van der Waals surface area contributed by atoms with Gasteiger partial charge in [0.2, 0.25) is 0 Å². The molecule has 0 aliphatic heterocycles. The first-order valence-electron chi connectivity index (χ1n) is 8.51. The maximum absolute atomic E-state index is 2.58. The van der Waals surface area contributed by atoms with Gasteiger partial charge in [-0.1, -0.05) is 48.6 Å². The van der Waals surface area contributed by atoms with Crippen LogP contribution in [-0.2, 0) is 12.8 Å². The Hall–Kier alpha value is -2.08. The fraction of sp³-hybridized carbons (Fsp3) is 0.273. The third kappa shape index (κ3) is 1.34. The zero-order valence-electron chi connectivity index (χ0n) is 12.6. The van der Waals surface area contributed by atoms with E-state index in [2.05, 4.69) is 48.6 Å². The van der Waals surface area contributed by atoms with Gasteiger partial charge in [0.15, 0.2) is 0 Å². The molecule has 106 valence electrons. The maximum atomic E-state index is 2.58. The van der Waals surface area contributed by atoms with Gasteiger partial charge in [0.1, 0.15) is 0 Å². The van der Waals surface area contributed by atoms with Gasteiger partial charge in [-0.25, -0.2) is 0 Å². The van der Waals surface area contributed by atoms with Gasteiger partial charge in [-0.3, -0.25) is 0 Å². The van der Waals surface area contributed by atoms with Crippen LogP contribution in [0.25, 0.3) is 11.6 Å². The van der Waals surface area contributed by atoms with Gasteiger partial charge < -0.3 is 0 Å². The molecule has 0 radical (unpaired) electrons.